The van der Waals surface area contributed by atoms with E-state index in [4.69, 9.17) is 10.1 Å². The molecule has 0 radical (unpaired) electrons. The van der Waals surface area contributed by atoms with Crippen LogP contribution >= 0.6 is 11.3 Å². The van der Waals surface area contributed by atoms with Gasteiger partial charge in [-0.3, -0.25) is 8.99 Å². The summed E-state index contributed by atoms with van der Waals surface area (Å²) in [5, 5.41) is 6.16. The summed E-state index contributed by atoms with van der Waals surface area (Å²) in [7, 11) is -2.28. The molecule has 0 aliphatic heterocycles. The van der Waals surface area contributed by atoms with Gasteiger partial charge in [0.15, 0.2) is 0 Å². The van der Waals surface area contributed by atoms with Gasteiger partial charge in [-0.05, 0) is 82.9 Å². The number of thiophene rings is 1. The second-order valence-corrected chi connectivity index (χ2v) is 16.8. The molecule has 278 valence electrons. The van der Waals surface area contributed by atoms with Gasteiger partial charge in [0.25, 0.3) is 10.0 Å². The highest BCUT2D eigenvalue weighted by molar-refractivity contribution is 7.94. The largest absolute Gasteiger partial charge is 0.273 e. The zero-order valence-corrected chi connectivity index (χ0v) is 32.3. The third kappa shape index (κ3) is 6.38. The van der Waals surface area contributed by atoms with Gasteiger partial charge in [0.2, 0.25) is 0 Å². The smallest absolute Gasteiger partial charge is 0.269 e. The number of benzene rings is 6. The summed E-state index contributed by atoms with van der Waals surface area (Å²) in [6.45, 7) is 0. The molecule has 9 aromatic rings. The van der Waals surface area contributed by atoms with Crippen LogP contribution in [0.1, 0.15) is 16.7 Å². The van der Waals surface area contributed by atoms with Crippen LogP contribution in [-0.4, -0.2) is 35.2 Å². The lowest BCUT2D eigenvalue weighted by molar-refractivity contribution is 0.461. The first kappa shape index (κ1) is 35.9. The summed E-state index contributed by atoms with van der Waals surface area (Å²) < 4.78 is 45.4. The average Bonchev–Trinajstić information content (AvgIpc) is 3.95. The van der Waals surface area contributed by atoms with Gasteiger partial charge < -0.3 is 0 Å². The van der Waals surface area contributed by atoms with E-state index in [2.05, 4.69) is 47.6 Å². The molecule has 0 unspecified atom stereocenters. The monoisotopic (exact) mass is 783 g/mol. The number of sulfonamides is 1. The van der Waals surface area contributed by atoms with E-state index in [1.165, 1.54) is 22.8 Å². The third-order valence-corrected chi connectivity index (χ3v) is 13.6. The molecule has 0 spiro atoms. The molecule has 3 heterocycles. The van der Waals surface area contributed by atoms with Crippen molar-refractivity contribution in [3.05, 3.63) is 211 Å². The zero-order valence-electron chi connectivity index (χ0n) is 30.6. The molecule has 7 nitrogen and oxygen atoms in total. The van der Waals surface area contributed by atoms with Crippen molar-refractivity contribution < 1.29 is 12.8 Å². The second-order valence-electron chi connectivity index (χ2n) is 13.5. The molecule has 0 bridgehead atoms. The molecule has 0 atom stereocenters. The number of fused-ring (bicyclic) bond motifs is 1. The van der Waals surface area contributed by atoms with Crippen LogP contribution in [0.25, 0.3) is 43.9 Å². The number of anilines is 1. The Kier molecular flexibility index (Phi) is 9.28. The van der Waals surface area contributed by atoms with Crippen LogP contribution in [0.3, 0.4) is 0 Å². The van der Waals surface area contributed by atoms with E-state index in [9.17, 15) is 12.8 Å². The zero-order chi connectivity index (χ0) is 39.0. The first-order chi connectivity index (χ1) is 27.8. The van der Waals surface area contributed by atoms with Crippen molar-refractivity contribution in [1.82, 2.24) is 19.7 Å². The minimum absolute atomic E-state index is 0.200. The fourth-order valence-electron chi connectivity index (χ4n) is 7.43. The highest BCUT2D eigenvalue weighted by Gasteiger charge is 2.40. The summed E-state index contributed by atoms with van der Waals surface area (Å²) >= 11 is 1.16. The van der Waals surface area contributed by atoms with Gasteiger partial charge in [0.05, 0.1) is 21.8 Å². The Hall–Kier alpha value is -6.75. The number of hydrogen-bond acceptors (Lipinski definition) is 6. The van der Waals surface area contributed by atoms with Gasteiger partial charge in [0, 0.05) is 29.8 Å². The lowest BCUT2D eigenvalue weighted by Crippen LogP contribution is -2.38. The number of rotatable bonds is 10. The van der Waals surface area contributed by atoms with Crippen LogP contribution in [0.15, 0.2) is 193 Å². The number of nitrogens with zero attached hydrogens (tertiary/aromatic N) is 5. The van der Waals surface area contributed by atoms with E-state index in [-0.39, 0.29) is 10.0 Å². The van der Waals surface area contributed by atoms with Crippen LogP contribution in [0.5, 0.6) is 0 Å². The maximum atomic E-state index is 14.4. The van der Waals surface area contributed by atoms with Gasteiger partial charge in [0.1, 0.15) is 27.6 Å². The quantitative estimate of drug-likeness (QED) is 0.129. The summed E-state index contributed by atoms with van der Waals surface area (Å²) in [6, 6.07) is 55.7. The number of para-hydroxylation sites is 1. The molecule has 0 fully saturated rings. The third-order valence-electron chi connectivity index (χ3n) is 10.2. The van der Waals surface area contributed by atoms with Crippen LogP contribution in [0.4, 0.5) is 10.1 Å². The summed E-state index contributed by atoms with van der Waals surface area (Å²) in [5.41, 5.74) is 7.07. The molecule has 57 heavy (non-hydrogen) atoms. The highest BCUT2D eigenvalue weighted by Crippen LogP contribution is 2.44. The van der Waals surface area contributed by atoms with Crippen molar-refractivity contribution in [3.8, 4) is 33.0 Å². The average molecular weight is 784 g/mol. The van der Waals surface area contributed by atoms with Crippen LogP contribution in [-0.2, 0) is 15.6 Å². The molecule has 10 heteroatoms. The van der Waals surface area contributed by atoms with Gasteiger partial charge >= 0.3 is 0 Å². The van der Waals surface area contributed by atoms with E-state index < -0.39 is 15.6 Å². The van der Waals surface area contributed by atoms with Crippen molar-refractivity contribution >= 4 is 38.0 Å². The lowest BCUT2D eigenvalue weighted by atomic mass is 9.77. The first-order valence-corrected chi connectivity index (χ1v) is 20.5. The molecule has 0 saturated heterocycles. The minimum atomic E-state index is -3.83. The van der Waals surface area contributed by atoms with Gasteiger partial charge in [-0.25, -0.2) is 22.8 Å². The predicted octanol–water partition coefficient (Wildman–Crippen LogP) is 10.7. The van der Waals surface area contributed by atoms with Crippen molar-refractivity contribution in [2.75, 3.05) is 11.4 Å². The summed E-state index contributed by atoms with van der Waals surface area (Å²) in [4.78, 5) is 9.96. The van der Waals surface area contributed by atoms with Crippen LogP contribution in [0.2, 0.25) is 0 Å². The number of halogens is 1. The normalized spacial score (nSPS) is 11.8. The highest BCUT2D eigenvalue weighted by atomic mass is 32.2. The molecule has 0 saturated carbocycles. The summed E-state index contributed by atoms with van der Waals surface area (Å²) in [5.74, 6) is -0.341. The van der Waals surface area contributed by atoms with Gasteiger partial charge in [-0.2, -0.15) is 5.10 Å². The van der Waals surface area contributed by atoms with Gasteiger partial charge in [-0.15, -0.1) is 11.3 Å². The van der Waals surface area contributed by atoms with Crippen LogP contribution in [0, 0.1) is 5.82 Å². The van der Waals surface area contributed by atoms with E-state index >= 15 is 0 Å². The van der Waals surface area contributed by atoms with E-state index in [1.54, 1.807) is 43.4 Å². The maximum absolute atomic E-state index is 14.4. The molecular weight excluding hydrogens is 750 g/mol. The first-order valence-electron chi connectivity index (χ1n) is 18.3. The standard InChI is InChI=1S/C47H34FN5O2S2/c1-52(39-20-12-5-13-21-39)57(54,55)44-29-28-43(56-44)46-40-30-34(24-27-42(40)49-32-50-46)41-31-53(51-45(41)33-22-25-38(48)26-23-33)47(35-14-6-2-7-15-35,36-16-8-3-9-17-36)37-18-10-4-11-19-37/h2-32H,1H3. The Labute approximate surface area is 334 Å². The minimum Gasteiger partial charge on any atom is -0.269 e. The fraction of sp³-hybridized carbons (Fsp3) is 0.0426. The van der Waals surface area contributed by atoms with E-state index in [0.29, 0.717) is 27.5 Å². The van der Waals surface area contributed by atoms with Gasteiger partial charge in [-0.1, -0.05) is 115 Å². The fourth-order valence-corrected chi connectivity index (χ4v) is 10.1. The van der Waals surface area contributed by atoms with Crippen molar-refractivity contribution in [1.29, 1.82) is 0 Å². The Morgan fingerprint density at radius 1 is 0.632 bits per heavy atom. The molecule has 9 rings (SSSR count). The molecule has 0 amide bonds. The summed E-state index contributed by atoms with van der Waals surface area (Å²) in [6.07, 6.45) is 3.56. The number of aromatic nitrogens is 4. The molecule has 0 aliphatic carbocycles. The molecular formula is C47H34FN5O2S2. The topological polar surface area (TPSA) is 81.0 Å². The van der Waals surface area contributed by atoms with Crippen molar-refractivity contribution in [3.63, 3.8) is 0 Å². The molecule has 0 N–H and O–H groups in total. The second kappa shape index (κ2) is 14.7. The van der Waals surface area contributed by atoms with E-state index in [0.717, 1.165) is 50.1 Å². The molecule has 6 aromatic carbocycles. The Morgan fingerprint density at radius 2 is 1.19 bits per heavy atom. The number of hydrogen-bond donors (Lipinski definition) is 0. The Balaban J connectivity index is 1.24. The van der Waals surface area contributed by atoms with Crippen molar-refractivity contribution in [2.24, 2.45) is 0 Å². The van der Waals surface area contributed by atoms with Crippen LogP contribution < -0.4 is 4.31 Å². The Morgan fingerprint density at radius 3 is 1.79 bits per heavy atom. The van der Waals surface area contributed by atoms with E-state index in [1.807, 2.05) is 95.7 Å². The predicted molar refractivity (Wildman–Crippen MR) is 226 cm³/mol. The Bertz CT molecular complexity index is 2840. The molecule has 3 aromatic heterocycles. The maximum Gasteiger partial charge on any atom is 0.273 e. The van der Waals surface area contributed by atoms with Crippen molar-refractivity contribution in [2.45, 2.75) is 9.75 Å². The SMILES string of the molecule is CN(c1ccccc1)S(=O)(=O)c1ccc(-c2ncnc3ccc(-c4cn(C(c5ccccc5)(c5ccccc5)c5ccccc5)nc4-c4ccc(F)cc4)cc23)s1. The molecule has 0 aliphatic rings. The lowest BCUT2D eigenvalue weighted by Gasteiger charge is -2.36.